The first-order valence-electron chi connectivity index (χ1n) is 9.56. The summed E-state index contributed by atoms with van der Waals surface area (Å²) in [5.74, 6) is -0.244. The lowest BCUT2D eigenvalue weighted by Gasteiger charge is -2.31. The van der Waals surface area contributed by atoms with Crippen LogP contribution in [0.2, 0.25) is 0 Å². The maximum absolute atomic E-state index is 13.1. The van der Waals surface area contributed by atoms with Crippen LogP contribution in [0.4, 0.5) is 4.39 Å². The van der Waals surface area contributed by atoms with E-state index in [9.17, 15) is 17.6 Å². The van der Waals surface area contributed by atoms with E-state index in [1.165, 1.54) is 16.4 Å². The third kappa shape index (κ3) is 5.33. The van der Waals surface area contributed by atoms with Gasteiger partial charge in [-0.1, -0.05) is 12.1 Å². The molecular weight excluding hydrogens is 395 g/mol. The van der Waals surface area contributed by atoms with Crippen molar-refractivity contribution in [3.63, 3.8) is 0 Å². The minimum absolute atomic E-state index is 0.0412. The van der Waals surface area contributed by atoms with Crippen LogP contribution in [0.3, 0.4) is 0 Å². The Balaban J connectivity index is 1.55. The first-order chi connectivity index (χ1) is 13.9. The maximum Gasteiger partial charge on any atom is 0.243 e. The number of hydrogen-bond acceptors (Lipinski definition) is 4. The van der Waals surface area contributed by atoms with E-state index in [1.54, 1.807) is 7.11 Å². The standard InChI is InChI=1S/C21H25FN2O4S/c1-28-19-8-4-16(5-9-19)12-13-23-21(25)17-3-2-14-24(15-17)29(26,27)20-10-6-18(22)7-11-20/h4-11,17H,2-3,12-15H2,1H3,(H,23,25)/t17-/m0/s1. The molecule has 0 unspecified atom stereocenters. The van der Waals surface area contributed by atoms with Crippen LogP contribution in [0.1, 0.15) is 18.4 Å². The Hall–Kier alpha value is -2.45. The number of sulfonamides is 1. The third-order valence-electron chi connectivity index (χ3n) is 5.08. The van der Waals surface area contributed by atoms with Crippen molar-refractivity contribution in [2.45, 2.75) is 24.2 Å². The molecule has 0 radical (unpaired) electrons. The fraction of sp³-hybridized carbons (Fsp3) is 0.381. The fourth-order valence-corrected chi connectivity index (χ4v) is 4.92. The Morgan fingerprint density at radius 1 is 1.17 bits per heavy atom. The number of nitrogens with zero attached hydrogens (tertiary/aromatic N) is 1. The zero-order chi connectivity index (χ0) is 20.9. The molecule has 3 rings (SSSR count). The third-order valence-corrected chi connectivity index (χ3v) is 6.96. The summed E-state index contributed by atoms with van der Waals surface area (Å²) in [6, 6.07) is 12.4. The molecule has 1 amide bonds. The van der Waals surface area contributed by atoms with Crippen LogP contribution < -0.4 is 10.1 Å². The van der Waals surface area contributed by atoms with Crippen LogP contribution in [-0.4, -0.2) is 45.4 Å². The van der Waals surface area contributed by atoms with Gasteiger partial charge < -0.3 is 10.1 Å². The van der Waals surface area contributed by atoms with Gasteiger partial charge in [0.05, 0.1) is 17.9 Å². The molecule has 1 N–H and O–H groups in total. The van der Waals surface area contributed by atoms with Crippen LogP contribution in [0.15, 0.2) is 53.4 Å². The highest BCUT2D eigenvalue weighted by molar-refractivity contribution is 7.89. The summed E-state index contributed by atoms with van der Waals surface area (Å²) in [6.45, 7) is 0.968. The minimum atomic E-state index is -3.74. The minimum Gasteiger partial charge on any atom is -0.497 e. The molecule has 0 aliphatic carbocycles. The largest absolute Gasteiger partial charge is 0.497 e. The van der Waals surface area contributed by atoms with Gasteiger partial charge in [0, 0.05) is 19.6 Å². The van der Waals surface area contributed by atoms with Crippen molar-refractivity contribution in [1.82, 2.24) is 9.62 Å². The summed E-state index contributed by atoms with van der Waals surface area (Å²) in [7, 11) is -2.13. The summed E-state index contributed by atoms with van der Waals surface area (Å²) in [5, 5.41) is 2.91. The van der Waals surface area contributed by atoms with Crippen molar-refractivity contribution in [2.24, 2.45) is 5.92 Å². The number of methoxy groups -OCH3 is 1. The summed E-state index contributed by atoms with van der Waals surface area (Å²) >= 11 is 0. The second kappa shape index (κ2) is 9.37. The van der Waals surface area contributed by atoms with E-state index < -0.39 is 21.8 Å². The molecule has 1 atom stereocenters. The van der Waals surface area contributed by atoms with Crippen molar-refractivity contribution >= 4 is 15.9 Å². The van der Waals surface area contributed by atoms with Gasteiger partial charge in [0.2, 0.25) is 15.9 Å². The molecule has 1 aliphatic heterocycles. The lowest BCUT2D eigenvalue weighted by molar-refractivity contribution is -0.126. The Kier molecular flexibility index (Phi) is 6.87. The predicted octanol–water partition coefficient (Wildman–Crippen LogP) is 2.59. The maximum atomic E-state index is 13.1. The molecular formula is C21H25FN2O4S. The van der Waals surface area contributed by atoms with Gasteiger partial charge in [0.25, 0.3) is 0 Å². The number of nitrogens with one attached hydrogen (secondary N) is 1. The highest BCUT2D eigenvalue weighted by Crippen LogP contribution is 2.24. The molecule has 29 heavy (non-hydrogen) atoms. The molecule has 6 nitrogen and oxygen atoms in total. The number of ether oxygens (including phenoxy) is 1. The van der Waals surface area contributed by atoms with Gasteiger partial charge in [0.15, 0.2) is 0 Å². The second-order valence-corrected chi connectivity index (χ2v) is 8.98. The molecule has 1 saturated heterocycles. The highest BCUT2D eigenvalue weighted by Gasteiger charge is 2.33. The summed E-state index contributed by atoms with van der Waals surface area (Å²) in [6.07, 6.45) is 1.93. The van der Waals surface area contributed by atoms with Crippen molar-refractivity contribution in [2.75, 3.05) is 26.7 Å². The Labute approximate surface area is 170 Å². The molecule has 1 heterocycles. The molecule has 2 aromatic rings. The van der Waals surface area contributed by atoms with Crippen LogP contribution in [0.5, 0.6) is 5.75 Å². The number of halogens is 1. The second-order valence-electron chi connectivity index (χ2n) is 7.05. The molecule has 0 bridgehead atoms. The van der Waals surface area contributed by atoms with E-state index in [0.29, 0.717) is 32.4 Å². The number of rotatable bonds is 7. The highest BCUT2D eigenvalue weighted by atomic mass is 32.2. The summed E-state index contributed by atoms with van der Waals surface area (Å²) in [4.78, 5) is 12.6. The Morgan fingerprint density at radius 2 is 1.86 bits per heavy atom. The number of hydrogen-bond donors (Lipinski definition) is 1. The van der Waals surface area contributed by atoms with Gasteiger partial charge >= 0.3 is 0 Å². The van der Waals surface area contributed by atoms with Gasteiger partial charge in [-0.05, 0) is 61.2 Å². The molecule has 1 fully saturated rings. The lowest BCUT2D eigenvalue weighted by atomic mass is 9.99. The van der Waals surface area contributed by atoms with Crippen molar-refractivity contribution < 1.29 is 22.3 Å². The molecule has 8 heteroatoms. The van der Waals surface area contributed by atoms with Crippen molar-refractivity contribution in [3.05, 3.63) is 59.9 Å². The normalized spacial score (nSPS) is 17.7. The molecule has 2 aromatic carbocycles. The van der Waals surface area contributed by atoms with Crippen LogP contribution in [-0.2, 0) is 21.2 Å². The van der Waals surface area contributed by atoms with E-state index in [4.69, 9.17) is 4.74 Å². The topological polar surface area (TPSA) is 75.7 Å². The lowest BCUT2D eigenvalue weighted by Crippen LogP contribution is -2.45. The first kappa shape index (κ1) is 21.3. The number of carbonyl (C=O) groups excluding carboxylic acids is 1. The Bertz CT molecular complexity index is 930. The van der Waals surface area contributed by atoms with Gasteiger partial charge in [-0.3, -0.25) is 4.79 Å². The summed E-state index contributed by atoms with van der Waals surface area (Å²) < 4.78 is 45.1. The molecule has 1 aliphatic rings. The SMILES string of the molecule is COc1ccc(CCNC(=O)[C@H]2CCCN(S(=O)(=O)c3ccc(F)cc3)C2)cc1. The molecule has 156 valence electrons. The number of carbonyl (C=O) groups is 1. The van der Waals surface area contributed by atoms with Crippen LogP contribution in [0, 0.1) is 11.7 Å². The van der Waals surface area contributed by atoms with Crippen LogP contribution >= 0.6 is 0 Å². The zero-order valence-corrected chi connectivity index (χ0v) is 17.1. The zero-order valence-electron chi connectivity index (χ0n) is 16.3. The average molecular weight is 421 g/mol. The molecule has 0 spiro atoms. The summed E-state index contributed by atoms with van der Waals surface area (Å²) in [5.41, 5.74) is 1.08. The van der Waals surface area contributed by atoms with Gasteiger partial charge in [-0.2, -0.15) is 4.31 Å². The molecule has 0 saturated carbocycles. The van der Waals surface area contributed by atoms with E-state index in [2.05, 4.69) is 5.32 Å². The van der Waals surface area contributed by atoms with E-state index >= 15 is 0 Å². The quantitative estimate of drug-likeness (QED) is 0.747. The first-order valence-corrected chi connectivity index (χ1v) is 11.0. The number of benzene rings is 2. The van der Waals surface area contributed by atoms with Crippen molar-refractivity contribution in [3.8, 4) is 5.75 Å². The van der Waals surface area contributed by atoms with E-state index in [0.717, 1.165) is 23.4 Å². The Morgan fingerprint density at radius 3 is 2.52 bits per heavy atom. The van der Waals surface area contributed by atoms with Gasteiger partial charge in [-0.25, -0.2) is 12.8 Å². The monoisotopic (exact) mass is 420 g/mol. The van der Waals surface area contributed by atoms with Crippen LogP contribution in [0.25, 0.3) is 0 Å². The fourth-order valence-electron chi connectivity index (χ4n) is 3.40. The number of piperidine rings is 1. The smallest absolute Gasteiger partial charge is 0.243 e. The van der Waals surface area contributed by atoms with Crippen molar-refractivity contribution in [1.29, 1.82) is 0 Å². The van der Waals surface area contributed by atoms with E-state index in [-0.39, 0.29) is 17.3 Å². The predicted molar refractivity (Wildman–Crippen MR) is 108 cm³/mol. The number of amides is 1. The van der Waals surface area contributed by atoms with Gasteiger partial charge in [-0.15, -0.1) is 0 Å². The van der Waals surface area contributed by atoms with Gasteiger partial charge in [0.1, 0.15) is 11.6 Å². The van der Waals surface area contributed by atoms with E-state index in [1.807, 2.05) is 24.3 Å². The molecule has 0 aromatic heterocycles. The average Bonchev–Trinajstić information content (AvgIpc) is 2.74.